The van der Waals surface area contributed by atoms with Crippen LogP contribution in [0.1, 0.15) is 5.56 Å². The molecule has 0 unspecified atom stereocenters. The maximum absolute atomic E-state index is 8.73. The van der Waals surface area contributed by atoms with E-state index in [9.17, 15) is 0 Å². The van der Waals surface area contributed by atoms with E-state index >= 15 is 0 Å². The van der Waals surface area contributed by atoms with E-state index in [0.29, 0.717) is 5.02 Å². The molecule has 3 N–H and O–H groups in total. The minimum atomic E-state index is 0.206. The highest BCUT2D eigenvalue weighted by molar-refractivity contribution is 6.30. The first kappa shape index (κ1) is 15.5. The standard InChI is InChI=1S/C13H10N4.C6H5ClO/c1-2-4-11-9(3-1)10-7-16-17-13-12(10)8(5-14-11)6-15-13;7-5-2-1-3-6(8)4-5/h1-4,6-7,14H,5H2,(H,15,17);1-4,8H. The smallest absolute Gasteiger partial charge is 0.160 e. The van der Waals surface area contributed by atoms with Gasteiger partial charge in [0.05, 0.1) is 6.20 Å². The third-order valence-electron chi connectivity index (χ3n) is 4.05. The molecule has 6 heteroatoms. The Kier molecular flexibility index (Phi) is 3.99. The van der Waals surface area contributed by atoms with Crippen molar-refractivity contribution in [3.8, 4) is 16.9 Å². The maximum atomic E-state index is 8.73. The number of phenols is 1. The van der Waals surface area contributed by atoms with Gasteiger partial charge in [0, 0.05) is 40.0 Å². The lowest BCUT2D eigenvalue weighted by molar-refractivity contribution is 0.475. The summed E-state index contributed by atoms with van der Waals surface area (Å²) in [5.41, 5.74) is 5.58. The summed E-state index contributed by atoms with van der Waals surface area (Å²) in [5.74, 6) is 0.206. The zero-order valence-electron chi connectivity index (χ0n) is 13.2. The normalized spacial score (nSPS) is 11.7. The number of aromatic hydroxyl groups is 1. The Balaban J connectivity index is 0.000000166. The molecule has 0 saturated carbocycles. The van der Waals surface area contributed by atoms with Crippen LogP contribution in [0.5, 0.6) is 5.75 Å². The zero-order chi connectivity index (χ0) is 17.2. The first-order valence-electron chi connectivity index (χ1n) is 7.82. The molecule has 3 heterocycles. The number of para-hydroxylation sites is 1. The third-order valence-corrected chi connectivity index (χ3v) is 4.28. The Hall–Kier alpha value is -3.05. The lowest BCUT2D eigenvalue weighted by Crippen LogP contribution is -1.96. The average molecular weight is 351 g/mol. The summed E-state index contributed by atoms with van der Waals surface area (Å²) in [4.78, 5) is 3.16. The van der Waals surface area contributed by atoms with Gasteiger partial charge in [0.25, 0.3) is 0 Å². The fraction of sp³-hybridized carbons (Fsp3) is 0.0526. The van der Waals surface area contributed by atoms with Gasteiger partial charge < -0.3 is 15.4 Å². The number of halogens is 1. The second kappa shape index (κ2) is 6.45. The predicted octanol–water partition coefficient (Wildman–Crippen LogP) is 4.60. The highest BCUT2D eigenvalue weighted by Crippen LogP contribution is 2.36. The molecule has 0 spiro atoms. The second-order valence-electron chi connectivity index (χ2n) is 5.67. The number of hydrogen-bond acceptors (Lipinski definition) is 4. The first-order valence-corrected chi connectivity index (χ1v) is 8.19. The molecule has 5 rings (SSSR count). The van der Waals surface area contributed by atoms with Crippen LogP contribution in [-0.2, 0) is 6.54 Å². The van der Waals surface area contributed by atoms with Crippen molar-refractivity contribution in [2.45, 2.75) is 6.54 Å². The molecule has 5 nitrogen and oxygen atoms in total. The van der Waals surface area contributed by atoms with Gasteiger partial charge in [0.15, 0.2) is 5.65 Å². The molecule has 2 aromatic heterocycles. The van der Waals surface area contributed by atoms with E-state index in [4.69, 9.17) is 16.7 Å². The van der Waals surface area contributed by atoms with E-state index < -0.39 is 0 Å². The lowest BCUT2D eigenvalue weighted by Gasteiger charge is -2.07. The summed E-state index contributed by atoms with van der Waals surface area (Å²) in [6.45, 7) is 0.815. The summed E-state index contributed by atoms with van der Waals surface area (Å²) in [6.07, 6.45) is 3.84. The van der Waals surface area contributed by atoms with Crippen molar-refractivity contribution >= 4 is 28.3 Å². The van der Waals surface area contributed by atoms with Crippen molar-refractivity contribution in [3.05, 3.63) is 71.5 Å². The minimum Gasteiger partial charge on any atom is -0.508 e. The predicted molar refractivity (Wildman–Crippen MR) is 99.8 cm³/mol. The number of aromatic nitrogens is 3. The van der Waals surface area contributed by atoms with Crippen LogP contribution in [0.15, 0.2) is 60.9 Å². The third kappa shape index (κ3) is 3.02. The van der Waals surface area contributed by atoms with E-state index in [1.165, 1.54) is 22.6 Å². The Bertz CT molecular complexity index is 1030. The number of aromatic amines is 1. The number of nitrogens with zero attached hydrogens (tertiary/aromatic N) is 2. The number of benzene rings is 2. The van der Waals surface area contributed by atoms with Gasteiger partial charge in [-0.15, -0.1) is 5.10 Å². The topological polar surface area (TPSA) is 73.8 Å². The van der Waals surface area contributed by atoms with Crippen molar-refractivity contribution < 1.29 is 5.11 Å². The quantitative estimate of drug-likeness (QED) is 0.433. The molecular formula is C19H15ClN4O. The number of anilines is 1. The number of H-pyrrole nitrogens is 1. The van der Waals surface area contributed by atoms with E-state index in [-0.39, 0.29) is 5.75 Å². The highest BCUT2D eigenvalue weighted by atomic mass is 35.5. The Morgan fingerprint density at radius 1 is 1.04 bits per heavy atom. The fourth-order valence-corrected chi connectivity index (χ4v) is 3.11. The van der Waals surface area contributed by atoms with Crippen molar-refractivity contribution in [1.29, 1.82) is 0 Å². The number of rotatable bonds is 0. The van der Waals surface area contributed by atoms with Crippen LogP contribution in [0.4, 0.5) is 5.69 Å². The van der Waals surface area contributed by atoms with Crippen LogP contribution in [0.2, 0.25) is 5.02 Å². The molecular weight excluding hydrogens is 336 g/mol. The van der Waals surface area contributed by atoms with Gasteiger partial charge in [0.2, 0.25) is 0 Å². The van der Waals surface area contributed by atoms with Crippen molar-refractivity contribution in [2.75, 3.05) is 5.32 Å². The summed E-state index contributed by atoms with van der Waals surface area (Å²) in [6, 6.07) is 14.8. The molecule has 2 aromatic carbocycles. The van der Waals surface area contributed by atoms with Crippen LogP contribution in [0.3, 0.4) is 0 Å². The molecule has 0 bridgehead atoms. The van der Waals surface area contributed by atoms with E-state index in [2.05, 4.69) is 32.6 Å². The molecule has 0 atom stereocenters. The van der Waals surface area contributed by atoms with Gasteiger partial charge in [-0.05, 0) is 29.8 Å². The van der Waals surface area contributed by atoms with Crippen LogP contribution < -0.4 is 5.32 Å². The summed E-state index contributed by atoms with van der Waals surface area (Å²) in [5, 5.41) is 22.1. The number of fused-ring (bicyclic) bond motifs is 2. The molecule has 0 fully saturated rings. The molecule has 0 saturated heterocycles. The number of phenolic OH excluding ortho intramolecular Hbond substituents is 1. The Morgan fingerprint density at radius 3 is 2.72 bits per heavy atom. The Morgan fingerprint density at radius 2 is 1.92 bits per heavy atom. The van der Waals surface area contributed by atoms with Gasteiger partial charge in [-0.2, -0.15) is 5.10 Å². The number of hydrogen-bond donors (Lipinski definition) is 3. The van der Waals surface area contributed by atoms with Gasteiger partial charge in [-0.1, -0.05) is 35.9 Å². The van der Waals surface area contributed by atoms with Gasteiger partial charge in [-0.3, -0.25) is 0 Å². The van der Waals surface area contributed by atoms with E-state index in [0.717, 1.165) is 23.4 Å². The zero-order valence-corrected chi connectivity index (χ0v) is 14.0. The van der Waals surface area contributed by atoms with Crippen LogP contribution in [-0.4, -0.2) is 20.3 Å². The van der Waals surface area contributed by atoms with Gasteiger partial charge in [-0.25, -0.2) is 0 Å². The molecule has 0 radical (unpaired) electrons. The van der Waals surface area contributed by atoms with Crippen LogP contribution in [0, 0.1) is 0 Å². The van der Waals surface area contributed by atoms with E-state index in [1.54, 1.807) is 18.2 Å². The summed E-state index contributed by atoms with van der Waals surface area (Å²) >= 11 is 5.48. The maximum Gasteiger partial charge on any atom is 0.160 e. The molecule has 0 amide bonds. The average Bonchev–Trinajstić information content (AvgIpc) is 2.96. The largest absolute Gasteiger partial charge is 0.508 e. The molecule has 1 aliphatic heterocycles. The minimum absolute atomic E-state index is 0.206. The Labute approximate surface area is 149 Å². The van der Waals surface area contributed by atoms with Crippen LogP contribution in [0.25, 0.3) is 22.2 Å². The monoisotopic (exact) mass is 350 g/mol. The molecule has 124 valence electrons. The summed E-state index contributed by atoms with van der Waals surface area (Å²) < 4.78 is 0. The lowest BCUT2D eigenvalue weighted by atomic mass is 10.0. The van der Waals surface area contributed by atoms with Crippen molar-refractivity contribution in [2.24, 2.45) is 0 Å². The van der Waals surface area contributed by atoms with Gasteiger partial charge in [0.1, 0.15) is 5.75 Å². The molecule has 1 aliphatic rings. The molecule has 4 aromatic rings. The molecule has 25 heavy (non-hydrogen) atoms. The SMILES string of the molecule is Oc1cccc(Cl)c1.c1ccc2c(c1)NCc1c[nH]c3nncc-2c13. The fourth-order valence-electron chi connectivity index (χ4n) is 2.92. The van der Waals surface area contributed by atoms with Crippen molar-refractivity contribution in [3.63, 3.8) is 0 Å². The van der Waals surface area contributed by atoms with Gasteiger partial charge >= 0.3 is 0 Å². The van der Waals surface area contributed by atoms with Crippen molar-refractivity contribution in [1.82, 2.24) is 15.2 Å². The second-order valence-corrected chi connectivity index (χ2v) is 6.11. The summed E-state index contributed by atoms with van der Waals surface area (Å²) in [7, 11) is 0. The molecule has 0 aliphatic carbocycles. The number of nitrogens with one attached hydrogen (secondary N) is 2. The highest BCUT2D eigenvalue weighted by Gasteiger charge is 2.17. The van der Waals surface area contributed by atoms with Crippen LogP contribution >= 0.6 is 11.6 Å². The first-order chi connectivity index (χ1) is 12.2. The van der Waals surface area contributed by atoms with E-state index in [1.807, 2.05) is 24.5 Å².